The Morgan fingerprint density at radius 3 is 2.65 bits per heavy atom. The number of sulfonamides is 1. The van der Waals surface area contributed by atoms with E-state index >= 15 is 0 Å². The van der Waals surface area contributed by atoms with Gasteiger partial charge in [-0.1, -0.05) is 12.1 Å². The fourth-order valence-corrected chi connectivity index (χ4v) is 5.08. The van der Waals surface area contributed by atoms with E-state index in [0.29, 0.717) is 37.5 Å². The zero-order valence-electron chi connectivity index (χ0n) is 20.0. The molecule has 0 spiro atoms. The molecule has 0 aliphatic carbocycles. The molecule has 1 fully saturated rings. The summed E-state index contributed by atoms with van der Waals surface area (Å²) in [5.41, 5.74) is 2.58. The number of amides is 2. The van der Waals surface area contributed by atoms with Crippen molar-refractivity contribution in [1.29, 1.82) is 0 Å². The maximum Gasteiger partial charge on any atom is 0.261 e. The Morgan fingerprint density at radius 2 is 1.91 bits per heavy atom. The molecular formula is C25H33N3O5S. The molecule has 0 unspecified atom stereocenters. The van der Waals surface area contributed by atoms with Gasteiger partial charge in [-0.3, -0.25) is 14.3 Å². The van der Waals surface area contributed by atoms with Crippen LogP contribution >= 0.6 is 0 Å². The summed E-state index contributed by atoms with van der Waals surface area (Å²) >= 11 is 0. The minimum Gasteiger partial charge on any atom is -0.385 e. The predicted molar refractivity (Wildman–Crippen MR) is 131 cm³/mol. The van der Waals surface area contributed by atoms with Gasteiger partial charge in [0.15, 0.2) is 0 Å². The van der Waals surface area contributed by atoms with E-state index in [2.05, 4.69) is 10.0 Å². The van der Waals surface area contributed by atoms with Crippen LogP contribution in [0, 0.1) is 19.8 Å². The summed E-state index contributed by atoms with van der Waals surface area (Å²) in [4.78, 5) is 27.5. The average Bonchev–Trinajstić information content (AvgIpc) is 2.83. The highest BCUT2D eigenvalue weighted by atomic mass is 32.2. The monoisotopic (exact) mass is 487 g/mol. The lowest BCUT2D eigenvalue weighted by Gasteiger charge is -2.32. The number of hydrogen-bond donors (Lipinski definition) is 2. The predicted octanol–water partition coefficient (Wildman–Crippen LogP) is 3.11. The number of benzene rings is 2. The van der Waals surface area contributed by atoms with E-state index in [4.69, 9.17) is 4.74 Å². The highest BCUT2D eigenvalue weighted by molar-refractivity contribution is 7.92. The SMILES string of the molecule is COCCCNC(=O)[C@H]1CCCN(C(=O)c2cccc(NS(=O)(=O)c3ccc(C)c(C)c3)c2)C1. The highest BCUT2D eigenvalue weighted by Crippen LogP contribution is 2.22. The molecule has 0 bridgehead atoms. The number of nitrogens with one attached hydrogen (secondary N) is 2. The first kappa shape index (κ1) is 25.7. The average molecular weight is 488 g/mol. The van der Waals surface area contributed by atoms with E-state index in [1.165, 1.54) is 6.07 Å². The van der Waals surface area contributed by atoms with Gasteiger partial charge in [0.1, 0.15) is 0 Å². The molecular weight excluding hydrogens is 454 g/mol. The molecule has 3 rings (SSSR count). The summed E-state index contributed by atoms with van der Waals surface area (Å²) in [6, 6.07) is 11.4. The van der Waals surface area contributed by atoms with Crippen LogP contribution in [-0.4, -0.2) is 58.5 Å². The summed E-state index contributed by atoms with van der Waals surface area (Å²) in [5, 5.41) is 2.91. The highest BCUT2D eigenvalue weighted by Gasteiger charge is 2.29. The molecule has 0 radical (unpaired) electrons. The van der Waals surface area contributed by atoms with Crippen LogP contribution in [0.2, 0.25) is 0 Å². The number of hydrogen-bond acceptors (Lipinski definition) is 5. The molecule has 1 aliphatic heterocycles. The number of carbonyl (C=O) groups is 2. The lowest BCUT2D eigenvalue weighted by Crippen LogP contribution is -2.45. The number of nitrogens with zero attached hydrogens (tertiary/aromatic N) is 1. The molecule has 8 nitrogen and oxygen atoms in total. The Labute approximate surface area is 201 Å². The van der Waals surface area contributed by atoms with Crippen molar-refractivity contribution in [2.45, 2.75) is 38.0 Å². The maximum absolute atomic E-state index is 13.1. The molecule has 1 atom stereocenters. The van der Waals surface area contributed by atoms with Gasteiger partial charge < -0.3 is 15.0 Å². The Kier molecular flexibility index (Phi) is 8.68. The fourth-order valence-electron chi connectivity index (χ4n) is 3.94. The Balaban J connectivity index is 1.67. The van der Waals surface area contributed by atoms with Gasteiger partial charge >= 0.3 is 0 Å². The molecule has 0 saturated carbocycles. The zero-order valence-corrected chi connectivity index (χ0v) is 20.8. The lowest BCUT2D eigenvalue weighted by atomic mass is 9.96. The minimum absolute atomic E-state index is 0.0523. The van der Waals surface area contributed by atoms with Crippen LogP contribution in [0.25, 0.3) is 0 Å². The summed E-state index contributed by atoms with van der Waals surface area (Å²) in [6.45, 7) is 5.81. The van der Waals surface area contributed by atoms with Crippen molar-refractivity contribution in [2.24, 2.45) is 5.92 Å². The summed E-state index contributed by atoms with van der Waals surface area (Å²) in [5.74, 6) is -0.528. The zero-order chi connectivity index (χ0) is 24.7. The van der Waals surface area contributed by atoms with E-state index in [1.54, 1.807) is 48.4 Å². The number of carbonyl (C=O) groups excluding carboxylic acids is 2. The van der Waals surface area contributed by atoms with E-state index in [0.717, 1.165) is 30.4 Å². The minimum atomic E-state index is -3.79. The van der Waals surface area contributed by atoms with Crippen molar-refractivity contribution >= 4 is 27.5 Å². The Hall–Kier alpha value is -2.91. The Morgan fingerprint density at radius 1 is 1.12 bits per heavy atom. The van der Waals surface area contributed by atoms with Crippen LogP contribution in [0.5, 0.6) is 0 Å². The number of aryl methyl sites for hydroxylation is 2. The van der Waals surface area contributed by atoms with Gasteiger partial charge in [-0.25, -0.2) is 8.42 Å². The second-order valence-electron chi connectivity index (χ2n) is 8.66. The number of ether oxygens (including phenoxy) is 1. The van der Waals surface area contributed by atoms with Crippen molar-refractivity contribution in [1.82, 2.24) is 10.2 Å². The smallest absolute Gasteiger partial charge is 0.261 e. The van der Waals surface area contributed by atoms with Gasteiger partial charge in [0.2, 0.25) is 5.91 Å². The van der Waals surface area contributed by atoms with Gasteiger partial charge in [0, 0.05) is 44.6 Å². The second-order valence-corrected chi connectivity index (χ2v) is 10.3. The second kappa shape index (κ2) is 11.5. The molecule has 2 aromatic carbocycles. The van der Waals surface area contributed by atoms with Gasteiger partial charge in [-0.05, 0) is 74.6 Å². The van der Waals surface area contributed by atoms with Crippen LogP contribution < -0.4 is 10.0 Å². The first-order valence-corrected chi connectivity index (χ1v) is 13.0. The normalized spacial score (nSPS) is 16.2. The summed E-state index contributed by atoms with van der Waals surface area (Å²) in [6.07, 6.45) is 2.21. The molecule has 1 aliphatic rings. The van der Waals surface area contributed by atoms with E-state index in [-0.39, 0.29) is 22.6 Å². The van der Waals surface area contributed by atoms with Gasteiger partial charge in [-0.15, -0.1) is 0 Å². The number of rotatable bonds is 9. The quantitative estimate of drug-likeness (QED) is 0.529. The van der Waals surface area contributed by atoms with E-state index < -0.39 is 10.0 Å². The van der Waals surface area contributed by atoms with E-state index in [9.17, 15) is 18.0 Å². The number of anilines is 1. The van der Waals surface area contributed by atoms with Gasteiger partial charge in [0.05, 0.1) is 10.8 Å². The molecule has 1 saturated heterocycles. The van der Waals surface area contributed by atoms with Crippen molar-refractivity contribution in [2.75, 3.05) is 38.1 Å². The number of likely N-dealkylation sites (tertiary alicyclic amines) is 1. The fraction of sp³-hybridized carbons (Fsp3) is 0.440. The molecule has 34 heavy (non-hydrogen) atoms. The van der Waals surface area contributed by atoms with Crippen LogP contribution in [0.1, 0.15) is 40.7 Å². The van der Waals surface area contributed by atoms with Gasteiger partial charge in [-0.2, -0.15) is 0 Å². The largest absolute Gasteiger partial charge is 0.385 e. The third kappa shape index (κ3) is 6.57. The lowest BCUT2D eigenvalue weighted by molar-refractivity contribution is -0.126. The van der Waals surface area contributed by atoms with Crippen LogP contribution in [0.4, 0.5) is 5.69 Å². The number of methoxy groups -OCH3 is 1. The van der Waals surface area contributed by atoms with Crippen molar-refractivity contribution < 1.29 is 22.7 Å². The van der Waals surface area contributed by atoms with Gasteiger partial charge in [0.25, 0.3) is 15.9 Å². The van der Waals surface area contributed by atoms with Crippen molar-refractivity contribution in [3.63, 3.8) is 0 Å². The molecule has 0 aromatic heterocycles. The molecule has 184 valence electrons. The summed E-state index contributed by atoms with van der Waals surface area (Å²) in [7, 11) is -2.17. The molecule has 2 N–H and O–H groups in total. The standard InChI is InChI=1S/C25H33N3O5S/c1-18-10-11-23(15-19(18)2)34(31,32)27-22-9-4-7-20(16-22)25(30)28-13-5-8-21(17-28)24(29)26-12-6-14-33-3/h4,7,9-11,15-16,21,27H,5-6,8,12-14,17H2,1-3H3,(H,26,29)/t21-/m0/s1. The Bertz CT molecular complexity index is 1130. The molecule has 2 aromatic rings. The third-order valence-corrected chi connectivity index (χ3v) is 7.43. The number of piperidine rings is 1. The molecule has 1 heterocycles. The van der Waals surface area contributed by atoms with Crippen molar-refractivity contribution in [3.8, 4) is 0 Å². The molecule has 9 heteroatoms. The van der Waals surface area contributed by atoms with Crippen molar-refractivity contribution in [3.05, 3.63) is 59.2 Å². The van der Waals surface area contributed by atoms with E-state index in [1.807, 2.05) is 13.8 Å². The van der Waals surface area contributed by atoms with Crippen LogP contribution in [-0.2, 0) is 19.6 Å². The first-order chi connectivity index (χ1) is 16.2. The van der Waals surface area contributed by atoms with Crippen LogP contribution in [0.3, 0.4) is 0 Å². The molecule has 2 amide bonds. The van der Waals surface area contributed by atoms with Crippen LogP contribution in [0.15, 0.2) is 47.4 Å². The topological polar surface area (TPSA) is 105 Å². The third-order valence-electron chi connectivity index (χ3n) is 6.05. The maximum atomic E-state index is 13.1. The summed E-state index contributed by atoms with van der Waals surface area (Å²) < 4.78 is 33.2. The first-order valence-electron chi connectivity index (χ1n) is 11.5.